The van der Waals surface area contributed by atoms with Gasteiger partial charge in [-0.3, -0.25) is 13.8 Å². The Morgan fingerprint density at radius 1 is 0.745 bits per heavy atom. The molecule has 5 rings (SSSR count). The normalized spacial score (nSPS) is 12.3. The van der Waals surface area contributed by atoms with Gasteiger partial charge in [0.25, 0.3) is 30.3 Å². The number of rotatable bonds is 10. The standard InChI is InChI=1S/C29H22ClN3O11S3/c1-43-19-8-10-21(11-9-19)45(35,36)33-24-16-22(46(37,38)39)13-17-14-26(47(40,41)42)28(29(34)27(17)24)32-31-23-15-18(30)7-12-25(23)44-20-5-3-2-4-6-20/h2-16,33-34H,1H3,(H,37,38,39)(H,40,41,42). The smallest absolute Gasteiger partial charge is 0.296 e. The van der Waals surface area contributed by atoms with Gasteiger partial charge in [0.2, 0.25) is 0 Å². The Kier molecular flexibility index (Phi) is 9.13. The number of fused-ring (bicyclic) bond motifs is 1. The van der Waals surface area contributed by atoms with Gasteiger partial charge in [-0.15, -0.1) is 10.2 Å². The van der Waals surface area contributed by atoms with E-state index >= 15 is 0 Å². The number of nitrogens with zero attached hydrogens (tertiary/aromatic N) is 2. The second-order valence-corrected chi connectivity index (χ2v) is 14.5. The first-order chi connectivity index (χ1) is 22.1. The molecule has 0 amide bonds. The molecule has 244 valence electrons. The first-order valence-corrected chi connectivity index (χ1v) is 17.7. The number of azo groups is 1. The van der Waals surface area contributed by atoms with E-state index in [1.165, 1.54) is 49.6 Å². The number of halogens is 1. The summed E-state index contributed by atoms with van der Waals surface area (Å²) in [6, 6.07) is 20.0. The highest BCUT2D eigenvalue weighted by atomic mass is 35.5. The highest BCUT2D eigenvalue weighted by Crippen LogP contribution is 2.46. The van der Waals surface area contributed by atoms with Gasteiger partial charge in [-0.25, -0.2) is 8.42 Å². The van der Waals surface area contributed by atoms with Crippen LogP contribution in [0.15, 0.2) is 116 Å². The molecule has 5 aromatic rings. The molecule has 0 aliphatic heterocycles. The number of sulfonamides is 1. The van der Waals surface area contributed by atoms with E-state index in [2.05, 4.69) is 15.0 Å². The number of ether oxygens (including phenoxy) is 2. The first kappa shape index (κ1) is 33.6. The summed E-state index contributed by atoms with van der Waals surface area (Å²) < 4.78 is 109. The van der Waals surface area contributed by atoms with E-state index in [1.807, 2.05) is 0 Å². The van der Waals surface area contributed by atoms with Crippen molar-refractivity contribution >= 4 is 69.7 Å². The molecule has 0 aromatic heterocycles. The zero-order chi connectivity index (χ0) is 34.1. The molecule has 0 aliphatic rings. The van der Waals surface area contributed by atoms with Crippen LogP contribution in [0, 0.1) is 0 Å². The van der Waals surface area contributed by atoms with Crippen LogP contribution >= 0.6 is 11.6 Å². The van der Waals surface area contributed by atoms with Crippen LogP contribution in [-0.2, 0) is 30.3 Å². The molecule has 14 nitrogen and oxygen atoms in total. The molecule has 0 atom stereocenters. The summed E-state index contributed by atoms with van der Waals surface area (Å²) in [5.74, 6) is -0.170. The minimum absolute atomic E-state index is 0.0377. The van der Waals surface area contributed by atoms with E-state index in [4.69, 9.17) is 21.1 Å². The van der Waals surface area contributed by atoms with Crippen LogP contribution in [0.4, 0.5) is 17.1 Å². The average Bonchev–Trinajstić information content (AvgIpc) is 3.00. The summed E-state index contributed by atoms with van der Waals surface area (Å²) in [4.78, 5) is -2.20. The van der Waals surface area contributed by atoms with Gasteiger partial charge < -0.3 is 14.6 Å². The third-order valence-corrected chi connectivity index (χ3v) is 9.78. The highest BCUT2D eigenvalue weighted by molar-refractivity contribution is 7.92. The number of benzene rings is 5. The molecule has 47 heavy (non-hydrogen) atoms. The van der Waals surface area contributed by atoms with Gasteiger partial charge in [-0.2, -0.15) is 16.8 Å². The van der Waals surface area contributed by atoms with Gasteiger partial charge >= 0.3 is 0 Å². The number of anilines is 1. The summed E-state index contributed by atoms with van der Waals surface area (Å²) in [6.07, 6.45) is 0. The third kappa shape index (κ3) is 7.46. The molecule has 0 fully saturated rings. The number of hydrogen-bond donors (Lipinski definition) is 4. The molecule has 0 saturated carbocycles. The Bertz CT molecular complexity index is 2370. The van der Waals surface area contributed by atoms with Gasteiger partial charge in [0.15, 0.2) is 11.5 Å². The molecule has 0 radical (unpaired) electrons. The molecule has 0 spiro atoms. The quantitative estimate of drug-likeness (QED) is 0.0878. The number of para-hydroxylation sites is 1. The molecule has 0 aliphatic carbocycles. The van der Waals surface area contributed by atoms with E-state index in [1.54, 1.807) is 30.3 Å². The van der Waals surface area contributed by atoms with Gasteiger partial charge in [-0.05, 0) is 78.2 Å². The number of methoxy groups -OCH3 is 1. The largest absolute Gasteiger partial charge is 0.505 e. The van der Waals surface area contributed by atoms with Crippen LogP contribution < -0.4 is 14.2 Å². The molecule has 0 saturated heterocycles. The lowest BCUT2D eigenvalue weighted by Crippen LogP contribution is -2.14. The van der Waals surface area contributed by atoms with Crippen molar-refractivity contribution in [3.8, 4) is 23.0 Å². The summed E-state index contributed by atoms with van der Waals surface area (Å²) in [7, 11) is -13.3. The molecule has 0 heterocycles. The average molecular weight is 720 g/mol. The SMILES string of the molecule is COc1ccc(S(=O)(=O)Nc2cc(S(=O)(=O)O)cc3cc(S(=O)(=O)O)c(N=Nc4cc(Cl)ccc4Oc4ccccc4)c(O)c23)cc1. The van der Waals surface area contributed by atoms with Gasteiger partial charge in [0.05, 0.1) is 28.0 Å². The fourth-order valence-electron chi connectivity index (χ4n) is 4.32. The van der Waals surface area contributed by atoms with Crippen LogP contribution in [-0.4, -0.2) is 46.6 Å². The van der Waals surface area contributed by atoms with Crippen molar-refractivity contribution in [1.82, 2.24) is 0 Å². The van der Waals surface area contributed by atoms with Crippen molar-refractivity contribution in [2.24, 2.45) is 10.2 Å². The maximum atomic E-state index is 13.3. The third-order valence-electron chi connectivity index (χ3n) is 6.46. The van der Waals surface area contributed by atoms with Crippen LogP contribution in [0.1, 0.15) is 0 Å². The Balaban J connectivity index is 1.73. The van der Waals surface area contributed by atoms with Crippen LogP contribution in [0.25, 0.3) is 10.8 Å². The molecule has 18 heteroatoms. The number of phenolic OH excluding ortho intramolecular Hbond substituents is 1. The molecule has 5 aromatic carbocycles. The van der Waals surface area contributed by atoms with Gasteiger partial charge in [0.1, 0.15) is 27.8 Å². The summed E-state index contributed by atoms with van der Waals surface area (Å²) >= 11 is 6.13. The minimum atomic E-state index is -5.20. The fraction of sp³-hybridized carbons (Fsp3) is 0.0345. The lowest BCUT2D eigenvalue weighted by Gasteiger charge is -2.16. The van der Waals surface area contributed by atoms with E-state index in [0.717, 1.165) is 12.1 Å². The van der Waals surface area contributed by atoms with Crippen LogP contribution in [0.3, 0.4) is 0 Å². The second-order valence-electron chi connectivity index (χ2n) is 9.60. The van der Waals surface area contributed by atoms with Crippen molar-refractivity contribution in [3.63, 3.8) is 0 Å². The van der Waals surface area contributed by atoms with Crippen molar-refractivity contribution in [2.45, 2.75) is 14.7 Å². The lowest BCUT2D eigenvalue weighted by atomic mass is 10.1. The van der Waals surface area contributed by atoms with Crippen molar-refractivity contribution in [2.75, 3.05) is 11.8 Å². The summed E-state index contributed by atoms with van der Waals surface area (Å²) in [5, 5.41) is 18.6. The van der Waals surface area contributed by atoms with Crippen LogP contribution in [0.5, 0.6) is 23.0 Å². The molecular weight excluding hydrogens is 698 g/mol. The van der Waals surface area contributed by atoms with E-state index in [-0.39, 0.29) is 21.4 Å². The minimum Gasteiger partial charge on any atom is -0.505 e. The molecule has 4 N–H and O–H groups in total. The fourth-order valence-corrected chi connectivity index (χ4v) is 6.74. The lowest BCUT2D eigenvalue weighted by molar-refractivity contribution is 0.414. The van der Waals surface area contributed by atoms with Crippen molar-refractivity contribution in [3.05, 3.63) is 96.0 Å². The zero-order valence-electron chi connectivity index (χ0n) is 23.8. The van der Waals surface area contributed by atoms with Gasteiger partial charge in [-0.1, -0.05) is 29.8 Å². The van der Waals surface area contributed by atoms with E-state index in [0.29, 0.717) is 17.6 Å². The number of phenols is 1. The van der Waals surface area contributed by atoms with Crippen molar-refractivity contribution < 1.29 is 48.9 Å². The predicted molar refractivity (Wildman–Crippen MR) is 171 cm³/mol. The predicted octanol–water partition coefficient (Wildman–Crippen LogP) is 6.71. The number of aromatic hydroxyl groups is 1. The maximum absolute atomic E-state index is 13.3. The van der Waals surface area contributed by atoms with Gasteiger partial charge in [0, 0.05) is 5.02 Å². The van der Waals surface area contributed by atoms with Crippen LogP contribution in [0.2, 0.25) is 5.02 Å². The Hall–Kier alpha value is -4.78. The Morgan fingerprint density at radius 3 is 2.04 bits per heavy atom. The Morgan fingerprint density at radius 2 is 1.43 bits per heavy atom. The number of hydrogen-bond acceptors (Lipinski definition) is 11. The topological polar surface area (TPSA) is 218 Å². The maximum Gasteiger partial charge on any atom is 0.296 e. The summed E-state index contributed by atoms with van der Waals surface area (Å²) in [6.45, 7) is 0. The highest BCUT2D eigenvalue weighted by Gasteiger charge is 2.27. The molecular formula is C29H22ClN3O11S3. The number of nitrogens with one attached hydrogen (secondary N) is 1. The molecule has 0 unspecified atom stereocenters. The molecule has 0 bridgehead atoms. The van der Waals surface area contributed by atoms with Crippen molar-refractivity contribution in [1.29, 1.82) is 0 Å². The van der Waals surface area contributed by atoms with E-state index in [9.17, 15) is 39.5 Å². The zero-order valence-corrected chi connectivity index (χ0v) is 27.0. The second kappa shape index (κ2) is 12.8. The first-order valence-electron chi connectivity index (χ1n) is 13.0. The monoisotopic (exact) mass is 719 g/mol. The van der Waals surface area contributed by atoms with E-state index < -0.39 is 67.9 Å². The Labute approximate surface area is 273 Å². The summed E-state index contributed by atoms with van der Waals surface area (Å²) in [5.41, 5.74) is -1.49.